The Kier molecular flexibility index (Phi) is 7.66. The molecule has 11 rings (SSSR count). The standard InChI is InChI=1S/C50H45NO2/c1-3-15-32(16-4-1)33-29-30-45-41(31-33)49(47-39-20-8-11-26-43(39)52-44-27-12-9-21-40(44)47)48-36(22-14-28-46(48)53-45)38-24-13-23-37-35-19-7-10-25-42(35)51(50(37)38)34-17-5-2-6-18-34/h1-3,5-15,17-26,28-31,37,39,41,43-50H,4,16,27H2. The molecule has 11 atom stereocenters. The fraction of sp³-hybridized carbons (Fsp3) is 0.280. The second kappa shape index (κ2) is 12.9. The predicted molar refractivity (Wildman–Crippen MR) is 215 cm³/mol. The SMILES string of the molecule is C1=CCCC(C2=CC3C(C=C2)OC2C=CC=C(C4=CC=CC5c6ccccc6N(c6ccccc6)C45)C2C3C2C3=CC=CCC3OC3C=CC=CC32)=C1. The van der Waals surface area contributed by atoms with E-state index < -0.39 is 0 Å². The first-order chi connectivity index (χ1) is 26.3. The Bertz CT molecular complexity index is 2200. The number of para-hydroxylation sites is 2. The van der Waals surface area contributed by atoms with Gasteiger partial charge in [-0.2, -0.15) is 0 Å². The van der Waals surface area contributed by atoms with Crippen molar-refractivity contribution in [1.82, 2.24) is 0 Å². The van der Waals surface area contributed by atoms with Gasteiger partial charge < -0.3 is 14.4 Å². The van der Waals surface area contributed by atoms with Crippen LogP contribution in [0.15, 0.2) is 198 Å². The van der Waals surface area contributed by atoms with Crippen molar-refractivity contribution < 1.29 is 9.47 Å². The Balaban J connectivity index is 1.08. The highest BCUT2D eigenvalue weighted by Crippen LogP contribution is 2.59. The van der Waals surface area contributed by atoms with Crippen LogP contribution in [0.25, 0.3) is 0 Å². The number of hydrogen-bond donors (Lipinski definition) is 0. The molecule has 53 heavy (non-hydrogen) atoms. The zero-order valence-electron chi connectivity index (χ0n) is 29.9. The molecule has 6 aliphatic carbocycles. The maximum atomic E-state index is 7.28. The van der Waals surface area contributed by atoms with E-state index in [0.29, 0.717) is 11.8 Å². The first-order valence-electron chi connectivity index (χ1n) is 19.8. The molecule has 0 saturated carbocycles. The average Bonchev–Trinajstić information content (AvgIpc) is 3.57. The fourth-order valence-electron chi connectivity index (χ4n) is 11.2. The number of hydrogen-bond acceptors (Lipinski definition) is 3. The lowest BCUT2D eigenvalue weighted by Gasteiger charge is -2.56. The van der Waals surface area contributed by atoms with E-state index in [1.165, 1.54) is 44.8 Å². The molecule has 11 unspecified atom stereocenters. The van der Waals surface area contributed by atoms with E-state index in [0.717, 1.165) is 19.3 Å². The topological polar surface area (TPSA) is 21.7 Å². The van der Waals surface area contributed by atoms with Crippen LogP contribution >= 0.6 is 0 Å². The minimum absolute atomic E-state index is 0.0147. The number of benzene rings is 2. The molecule has 2 fully saturated rings. The summed E-state index contributed by atoms with van der Waals surface area (Å²) in [5, 5.41) is 0. The number of ether oxygens (including phenoxy) is 2. The third kappa shape index (κ3) is 5.08. The highest BCUT2D eigenvalue weighted by atomic mass is 16.5. The summed E-state index contributed by atoms with van der Waals surface area (Å²) < 4.78 is 14.2. The second-order valence-electron chi connectivity index (χ2n) is 15.9. The lowest BCUT2D eigenvalue weighted by atomic mass is 9.55. The summed E-state index contributed by atoms with van der Waals surface area (Å²) in [6.45, 7) is 0. The molecular formula is C50H45NO2. The largest absolute Gasteiger partial charge is 0.366 e. The molecule has 3 heteroatoms. The van der Waals surface area contributed by atoms with Gasteiger partial charge in [0.15, 0.2) is 0 Å². The number of anilines is 2. The van der Waals surface area contributed by atoms with E-state index in [1.54, 1.807) is 0 Å². The van der Waals surface area contributed by atoms with Crippen molar-refractivity contribution in [3.8, 4) is 0 Å². The van der Waals surface area contributed by atoms with Gasteiger partial charge in [0.2, 0.25) is 0 Å². The highest BCUT2D eigenvalue weighted by Gasteiger charge is 2.56. The minimum Gasteiger partial charge on any atom is -0.366 e. The molecule has 3 aliphatic heterocycles. The van der Waals surface area contributed by atoms with Crippen LogP contribution in [-0.2, 0) is 9.47 Å². The number of rotatable bonds is 4. The molecule has 0 N–H and O–H groups in total. The third-order valence-corrected chi connectivity index (χ3v) is 13.3. The Hall–Kier alpha value is -4.96. The van der Waals surface area contributed by atoms with Crippen LogP contribution in [0, 0.1) is 29.6 Å². The quantitative estimate of drug-likeness (QED) is 0.319. The van der Waals surface area contributed by atoms with E-state index in [1.807, 2.05) is 0 Å². The fourth-order valence-corrected chi connectivity index (χ4v) is 11.2. The minimum atomic E-state index is -0.0283. The van der Waals surface area contributed by atoms with Gasteiger partial charge in [-0.1, -0.05) is 152 Å². The lowest BCUT2D eigenvalue weighted by Crippen LogP contribution is -2.56. The zero-order valence-corrected chi connectivity index (χ0v) is 29.9. The molecule has 3 heterocycles. The van der Waals surface area contributed by atoms with Gasteiger partial charge in [0.25, 0.3) is 0 Å². The smallest absolute Gasteiger partial charge is 0.0838 e. The van der Waals surface area contributed by atoms with E-state index >= 15 is 0 Å². The summed E-state index contributed by atoms with van der Waals surface area (Å²) in [4.78, 5) is 2.61. The van der Waals surface area contributed by atoms with Gasteiger partial charge in [-0.05, 0) is 82.7 Å². The Morgan fingerprint density at radius 3 is 2.36 bits per heavy atom. The van der Waals surface area contributed by atoms with Gasteiger partial charge in [0.1, 0.15) is 0 Å². The summed E-state index contributed by atoms with van der Waals surface area (Å²) >= 11 is 0. The van der Waals surface area contributed by atoms with Crippen molar-refractivity contribution in [2.45, 2.75) is 55.6 Å². The molecular weight excluding hydrogens is 647 g/mol. The molecule has 2 saturated heterocycles. The lowest BCUT2D eigenvalue weighted by molar-refractivity contribution is -0.120. The molecule has 3 nitrogen and oxygen atoms in total. The van der Waals surface area contributed by atoms with Crippen molar-refractivity contribution >= 4 is 11.4 Å². The summed E-state index contributed by atoms with van der Waals surface area (Å²) in [5.74, 6) is 1.50. The maximum Gasteiger partial charge on any atom is 0.0838 e. The van der Waals surface area contributed by atoms with E-state index in [2.05, 4.69) is 175 Å². The van der Waals surface area contributed by atoms with Gasteiger partial charge in [0, 0.05) is 35.0 Å². The number of fused-ring (bicyclic) bond motifs is 7. The third-order valence-electron chi connectivity index (χ3n) is 13.3. The molecule has 0 bridgehead atoms. The van der Waals surface area contributed by atoms with Crippen LogP contribution in [-0.4, -0.2) is 30.5 Å². The van der Waals surface area contributed by atoms with Gasteiger partial charge in [0.05, 0.1) is 30.5 Å². The van der Waals surface area contributed by atoms with Crippen molar-refractivity contribution in [2.75, 3.05) is 4.90 Å². The summed E-state index contributed by atoms with van der Waals surface area (Å²) in [7, 11) is 0. The summed E-state index contributed by atoms with van der Waals surface area (Å²) in [5.41, 5.74) is 11.1. The monoisotopic (exact) mass is 691 g/mol. The van der Waals surface area contributed by atoms with Crippen LogP contribution in [0.4, 0.5) is 11.4 Å². The molecule has 2 aromatic carbocycles. The second-order valence-corrected chi connectivity index (χ2v) is 15.9. The maximum absolute atomic E-state index is 7.28. The van der Waals surface area contributed by atoms with Crippen LogP contribution in [0.5, 0.6) is 0 Å². The van der Waals surface area contributed by atoms with Crippen molar-refractivity contribution in [1.29, 1.82) is 0 Å². The van der Waals surface area contributed by atoms with Crippen LogP contribution < -0.4 is 4.90 Å². The Labute approximate surface area is 313 Å². The van der Waals surface area contributed by atoms with E-state index in [-0.39, 0.29) is 54.1 Å². The van der Waals surface area contributed by atoms with Crippen LogP contribution in [0.3, 0.4) is 0 Å². The molecule has 0 spiro atoms. The molecule has 2 aromatic rings. The van der Waals surface area contributed by atoms with Crippen molar-refractivity contribution in [3.05, 3.63) is 203 Å². The average molecular weight is 692 g/mol. The zero-order chi connectivity index (χ0) is 34.9. The van der Waals surface area contributed by atoms with Gasteiger partial charge in [-0.3, -0.25) is 0 Å². The van der Waals surface area contributed by atoms with Crippen LogP contribution in [0.1, 0.15) is 30.7 Å². The van der Waals surface area contributed by atoms with Crippen LogP contribution in [0.2, 0.25) is 0 Å². The van der Waals surface area contributed by atoms with Gasteiger partial charge in [-0.15, -0.1) is 0 Å². The first kappa shape index (κ1) is 31.6. The van der Waals surface area contributed by atoms with Crippen molar-refractivity contribution in [2.24, 2.45) is 29.6 Å². The van der Waals surface area contributed by atoms with E-state index in [9.17, 15) is 0 Å². The molecule has 0 radical (unpaired) electrons. The summed E-state index contributed by atoms with van der Waals surface area (Å²) in [6.07, 6.45) is 47.9. The van der Waals surface area contributed by atoms with Crippen molar-refractivity contribution in [3.63, 3.8) is 0 Å². The Morgan fingerprint density at radius 1 is 0.623 bits per heavy atom. The number of allylic oxidation sites excluding steroid dienone is 14. The molecule has 9 aliphatic rings. The predicted octanol–water partition coefficient (Wildman–Crippen LogP) is 10.7. The number of nitrogens with zero attached hydrogens (tertiary/aromatic N) is 1. The van der Waals surface area contributed by atoms with Gasteiger partial charge >= 0.3 is 0 Å². The Morgan fingerprint density at radius 2 is 1.43 bits per heavy atom. The molecule has 0 aromatic heterocycles. The summed E-state index contributed by atoms with van der Waals surface area (Å²) in [6, 6.07) is 20.2. The normalized spacial score (nSPS) is 36.9. The highest BCUT2D eigenvalue weighted by molar-refractivity contribution is 5.77. The molecule has 262 valence electrons. The van der Waals surface area contributed by atoms with E-state index in [4.69, 9.17) is 9.47 Å². The first-order valence-corrected chi connectivity index (χ1v) is 19.8. The van der Waals surface area contributed by atoms with Gasteiger partial charge in [-0.25, -0.2) is 0 Å². The molecule has 0 amide bonds.